The molecule has 0 saturated heterocycles. The molecule has 30 heavy (non-hydrogen) atoms. The third-order valence-corrected chi connectivity index (χ3v) is 7.33. The molecule has 0 radical (unpaired) electrons. The number of hydrogen-bond donors (Lipinski definition) is 2. The molecule has 2 amide bonds. The first-order chi connectivity index (χ1) is 14.2. The Kier molecular flexibility index (Phi) is 5.73. The molecule has 0 spiro atoms. The van der Waals surface area contributed by atoms with Crippen molar-refractivity contribution in [3.05, 3.63) is 35.4 Å². The Balaban J connectivity index is 1.28. The van der Waals surface area contributed by atoms with E-state index in [9.17, 15) is 9.59 Å². The fourth-order valence-corrected chi connectivity index (χ4v) is 6.00. The number of amides is 2. The molecule has 0 aromatic heterocycles. The van der Waals surface area contributed by atoms with E-state index in [-0.39, 0.29) is 23.7 Å². The second-order valence-electron chi connectivity index (χ2n) is 10.8. The van der Waals surface area contributed by atoms with Crippen LogP contribution in [0.15, 0.2) is 29.4 Å². The molecule has 162 valence electrons. The predicted molar refractivity (Wildman–Crippen MR) is 119 cm³/mol. The number of carbonyl (C=O) groups excluding carboxylic acids is 2. The molecule has 5 rings (SSSR count). The predicted octanol–water partition coefficient (Wildman–Crippen LogP) is 4.42. The first kappa shape index (κ1) is 21.1. The van der Waals surface area contributed by atoms with E-state index < -0.39 is 0 Å². The highest BCUT2D eigenvalue weighted by molar-refractivity contribution is 6.01. The van der Waals surface area contributed by atoms with Crippen LogP contribution in [0.5, 0.6) is 0 Å². The molecule has 4 saturated carbocycles. The summed E-state index contributed by atoms with van der Waals surface area (Å²) in [6.07, 6.45) is 6.79. The van der Waals surface area contributed by atoms with E-state index >= 15 is 0 Å². The Morgan fingerprint density at radius 3 is 2.07 bits per heavy atom. The summed E-state index contributed by atoms with van der Waals surface area (Å²) in [5, 5.41) is 7.45. The van der Waals surface area contributed by atoms with E-state index in [0.29, 0.717) is 29.2 Å². The van der Waals surface area contributed by atoms with Crippen molar-refractivity contribution in [3.8, 4) is 0 Å². The number of benzene rings is 1. The maximum atomic E-state index is 12.6. The normalized spacial score (nSPS) is 30.3. The second-order valence-corrected chi connectivity index (χ2v) is 10.8. The van der Waals surface area contributed by atoms with Gasteiger partial charge >= 0.3 is 0 Å². The summed E-state index contributed by atoms with van der Waals surface area (Å²) < 4.78 is 0. The molecule has 0 atom stereocenters. The van der Waals surface area contributed by atoms with Gasteiger partial charge in [-0.1, -0.05) is 32.9 Å². The zero-order valence-electron chi connectivity index (χ0n) is 18.7. The highest BCUT2D eigenvalue weighted by atomic mass is 16.2. The number of rotatable bonds is 5. The van der Waals surface area contributed by atoms with Crippen LogP contribution in [0.4, 0.5) is 0 Å². The van der Waals surface area contributed by atoms with Gasteiger partial charge in [0, 0.05) is 17.3 Å². The zero-order chi connectivity index (χ0) is 21.5. The van der Waals surface area contributed by atoms with Gasteiger partial charge in [-0.3, -0.25) is 9.59 Å². The van der Waals surface area contributed by atoms with Crippen LogP contribution in [0.2, 0.25) is 0 Å². The lowest BCUT2D eigenvalue weighted by molar-refractivity contribution is -0.123. The number of hydrogen-bond acceptors (Lipinski definition) is 3. The maximum Gasteiger partial charge on any atom is 0.271 e. The van der Waals surface area contributed by atoms with Gasteiger partial charge in [0.15, 0.2) is 0 Å². The fourth-order valence-electron chi connectivity index (χ4n) is 6.00. The van der Waals surface area contributed by atoms with Gasteiger partial charge in [0.25, 0.3) is 5.91 Å². The molecule has 1 aromatic rings. The van der Waals surface area contributed by atoms with Crippen molar-refractivity contribution in [1.82, 2.24) is 10.7 Å². The quantitative estimate of drug-likeness (QED) is 0.558. The molecule has 2 N–H and O–H groups in total. The number of hydrazone groups is 1. The molecule has 4 bridgehead atoms. The highest BCUT2D eigenvalue weighted by Gasteiger charge is 2.48. The van der Waals surface area contributed by atoms with Crippen LogP contribution in [0, 0.1) is 23.7 Å². The van der Waals surface area contributed by atoms with Crippen LogP contribution < -0.4 is 10.7 Å². The molecular formula is C25H35N3O2. The van der Waals surface area contributed by atoms with E-state index in [1.54, 1.807) is 6.92 Å². The summed E-state index contributed by atoms with van der Waals surface area (Å²) in [7, 11) is 0. The smallest absolute Gasteiger partial charge is 0.271 e. The van der Waals surface area contributed by atoms with E-state index in [2.05, 4.69) is 36.6 Å². The zero-order valence-corrected chi connectivity index (χ0v) is 18.7. The summed E-state index contributed by atoms with van der Waals surface area (Å²) in [5.74, 6) is 2.90. The van der Waals surface area contributed by atoms with Crippen molar-refractivity contribution in [2.24, 2.45) is 28.8 Å². The Morgan fingerprint density at radius 2 is 1.53 bits per heavy atom. The Labute approximate surface area is 180 Å². The van der Waals surface area contributed by atoms with E-state index in [0.717, 1.165) is 11.8 Å². The monoisotopic (exact) mass is 409 g/mol. The molecule has 0 unspecified atom stereocenters. The summed E-state index contributed by atoms with van der Waals surface area (Å²) in [5.41, 5.74) is 5.01. The first-order valence-corrected chi connectivity index (χ1v) is 11.4. The van der Waals surface area contributed by atoms with Crippen LogP contribution in [0.3, 0.4) is 0 Å². The van der Waals surface area contributed by atoms with Gasteiger partial charge < -0.3 is 5.32 Å². The third kappa shape index (κ3) is 4.60. The summed E-state index contributed by atoms with van der Waals surface area (Å²) >= 11 is 0. The fraction of sp³-hybridized carbons (Fsp3) is 0.640. The lowest BCUT2D eigenvalue weighted by Crippen LogP contribution is -2.56. The molecule has 1 aromatic carbocycles. The summed E-state index contributed by atoms with van der Waals surface area (Å²) in [4.78, 5) is 24.9. The van der Waals surface area contributed by atoms with Crippen LogP contribution in [-0.2, 0) is 10.2 Å². The third-order valence-electron chi connectivity index (χ3n) is 7.33. The van der Waals surface area contributed by atoms with Gasteiger partial charge in [-0.15, -0.1) is 0 Å². The number of nitrogens with zero attached hydrogens (tertiary/aromatic N) is 1. The Hall–Kier alpha value is -2.17. The topological polar surface area (TPSA) is 70.6 Å². The minimum Gasteiger partial charge on any atom is -0.352 e. The molecule has 4 aliphatic carbocycles. The minimum absolute atomic E-state index is 0.0255. The molecule has 0 heterocycles. The molecule has 5 nitrogen and oxygen atoms in total. The first-order valence-electron chi connectivity index (χ1n) is 11.4. The van der Waals surface area contributed by atoms with Crippen molar-refractivity contribution < 1.29 is 9.59 Å². The second kappa shape index (κ2) is 8.16. The van der Waals surface area contributed by atoms with Gasteiger partial charge in [0.1, 0.15) is 0 Å². The van der Waals surface area contributed by atoms with Crippen molar-refractivity contribution >= 4 is 17.5 Å². The highest BCUT2D eigenvalue weighted by Crippen LogP contribution is 2.53. The molecule has 5 heteroatoms. The van der Waals surface area contributed by atoms with Gasteiger partial charge in [0.05, 0.1) is 6.42 Å². The van der Waals surface area contributed by atoms with Crippen molar-refractivity contribution in [2.75, 3.05) is 0 Å². The number of nitrogens with one attached hydrogen (secondary N) is 2. The molecular weight excluding hydrogens is 374 g/mol. The SMILES string of the molecule is C/C(CC(=O)NC1C2CC3CC(C2)CC1C3)=N\NC(=O)c1ccc(C(C)(C)C)cc1. The maximum absolute atomic E-state index is 12.6. The largest absolute Gasteiger partial charge is 0.352 e. The van der Waals surface area contributed by atoms with Gasteiger partial charge in [-0.2, -0.15) is 5.10 Å². The van der Waals surface area contributed by atoms with Crippen molar-refractivity contribution in [1.29, 1.82) is 0 Å². The van der Waals surface area contributed by atoms with E-state index in [1.807, 2.05) is 24.3 Å². The van der Waals surface area contributed by atoms with Crippen LogP contribution in [0.1, 0.15) is 82.1 Å². The molecule has 0 aliphatic heterocycles. The lowest BCUT2D eigenvalue weighted by atomic mass is 9.54. The van der Waals surface area contributed by atoms with Gasteiger partial charge in [-0.05, 0) is 85.8 Å². The van der Waals surface area contributed by atoms with Gasteiger partial charge in [-0.25, -0.2) is 5.43 Å². The van der Waals surface area contributed by atoms with E-state index in [1.165, 1.54) is 37.7 Å². The van der Waals surface area contributed by atoms with Gasteiger partial charge in [0.2, 0.25) is 5.91 Å². The molecule has 4 aliphatic rings. The standard InChI is InChI=1S/C25H35N3O2/c1-15(27-28-24(30)18-5-7-21(8-6-18)25(2,3)4)9-22(29)26-23-19-11-16-10-17(13-19)14-20(23)12-16/h5-8,16-17,19-20,23H,9-14H2,1-4H3,(H,26,29)(H,28,30)/b27-15+. The molecule has 4 fully saturated rings. The Morgan fingerprint density at radius 1 is 0.967 bits per heavy atom. The lowest BCUT2D eigenvalue weighted by Gasteiger charge is -2.54. The van der Waals surface area contributed by atoms with Crippen LogP contribution >= 0.6 is 0 Å². The average molecular weight is 410 g/mol. The van der Waals surface area contributed by atoms with Crippen LogP contribution in [0.25, 0.3) is 0 Å². The Bertz CT molecular complexity index is 807. The minimum atomic E-state index is -0.253. The summed E-state index contributed by atoms with van der Waals surface area (Å²) in [6.45, 7) is 8.22. The van der Waals surface area contributed by atoms with Crippen molar-refractivity contribution in [2.45, 2.75) is 77.7 Å². The van der Waals surface area contributed by atoms with E-state index in [4.69, 9.17) is 0 Å². The van der Waals surface area contributed by atoms with Crippen LogP contribution in [-0.4, -0.2) is 23.6 Å². The summed E-state index contributed by atoms with van der Waals surface area (Å²) in [6, 6.07) is 7.93. The average Bonchev–Trinajstić information content (AvgIpc) is 2.68. The van der Waals surface area contributed by atoms with Crippen molar-refractivity contribution in [3.63, 3.8) is 0 Å². The number of carbonyl (C=O) groups is 2.